The topological polar surface area (TPSA) is 89.2 Å². The zero-order chi connectivity index (χ0) is 21.8. The minimum atomic E-state index is -0.817. The fraction of sp³-hybridized carbons (Fsp3) is 0.391. The van der Waals surface area contributed by atoms with Crippen LogP contribution in [0.1, 0.15) is 43.7 Å². The Kier molecular flexibility index (Phi) is 6.62. The van der Waals surface area contributed by atoms with Gasteiger partial charge in [0.25, 0.3) is 11.7 Å². The lowest BCUT2D eigenvalue weighted by molar-refractivity contribution is -0.140. The molecule has 3 rings (SSSR count). The van der Waals surface area contributed by atoms with E-state index < -0.39 is 17.7 Å². The minimum absolute atomic E-state index is 0.00283. The lowest BCUT2D eigenvalue weighted by Gasteiger charge is -2.23. The number of ether oxygens (including phenoxy) is 2. The van der Waals surface area contributed by atoms with Crippen LogP contribution in [0.25, 0.3) is 5.76 Å². The van der Waals surface area contributed by atoms with E-state index >= 15 is 0 Å². The Labute approximate surface area is 175 Å². The van der Waals surface area contributed by atoms with E-state index in [1.54, 1.807) is 30.3 Å². The first-order chi connectivity index (χ1) is 14.3. The third-order valence-electron chi connectivity index (χ3n) is 4.88. The predicted molar refractivity (Wildman–Crippen MR) is 111 cm³/mol. The molecule has 1 aromatic carbocycles. The molecule has 0 radical (unpaired) electrons. The number of aliphatic hydroxyl groups is 1. The Morgan fingerprint density at radius 3 is 2.63 bits per heavy atom. The van der Waals surface area contributed by atoms with Crippen molar-refractivity contribution < 1.29 is 28.6 Å². The molecular weight excluding hydrogens is 386 g/mol. The van der Waals surface area contributed by atoms with Gasteiger partial charge < -0.3 is 23.9 Å². The average Bonchev–Trinajstić information content (AvgIpc) is 3.31. The van der Waals surface area contributed by atoms with Crippen molar-refractivity contribution in [3.8, 4) is 5.75 Å². The maximum Gasteiger partial charge on any atom is 0.295 e. The average molecular weight is 413 g/mol. The van der Waals surface area contributed by atoms with E-state index in [-0.39, 0.29) is 30.6 Å². The number of Topliss-reactive ketones (excluding diaryl/α,β-unsaturated/α-hetero) is 1. The lowest BCUT2D eigenvalue weighted by Crippen LogP contribution is -2.33. The number of benzene rings is 1. The van der Waals surface area contributed by atoms with Crippen LogP contribution in [0.5, 0.6) is 5.75 Å². The Morgan fingerprint density at radius 1 is 1.27 bits per heavy atom. The summed E-state index contributed by atoms with van der Waals surface area (Å²) < 4.78 is 16.6. The summed E-state index contributed by atoms with van der Waals surface area (Å²) in [5.41, 5.74) is 1.25. The van der Waals surface area contributed by atoms with Gasteiger partial charge in [-0.3, -0.25) is 9.59 Å². The second kappa shape index (κ2) is 9.17. The summed E-state index contributed by atoms with van der Waals surface area (Å²) in [6.45, 7) is 8.53. The Balaban J connectivity index is 2.03. The second-order valence-electron chi connectivity index (χ2n) is 7.34. The van der Waals surface area contributed by atoms with Crippen molar-refractivity contribution in [1.29, 1.82) is 0 Å². The van der Waals surface area contributed by atoms with Crippen LogP contribution < -0.4 is 4.74 Å². The van der Waals surface area contributed by atoms with E-state index in [0.717, 1.165) is 5.56 Å². The van der Waals surface area contributed by atoms with Crippen LogP contribution in [0, 0.1) is 6.92 Å². The fourth-order valence-electron chi connectivity index (χ4n) is 3.51. The van der Waals surface area contributed by atoms with Crippen molar-refractivity contribution in [3.63, 3.8) is 0 Å². The highest BCUT2D eigenvalue weighted by molar-refractivity contribution is 6.46. The van der Waals surface area contributed by atoms with Gasteiger partial charge >= 0.3 is 0 Å². The van der Waals surface area contributed by atoms with Gasteiger partial charge in [0, 0.05) is 12.1 Å². The van der Waals surface area contributed by atoms with E-state index in [4.69, 9.17) is 13.9 Å². The number of rotatable bonds is 8. The van der Waals surface area contributed by atoms with E-state index in [2.05, 4.69) is 0 Å². The molecule has 0 aliphatic carbocycles. The van der Waals surface area contributed by atoms with E-state index in [9.17, 15) is 14.7 Å². The quantitative estimate of drug-likeness (QED) is 0.402. The molecule has 0 saturated carbocycles. The van der Waals surface area contributed by atoms with E-state index in [0.29, 0.717) is 23.7 Å². The zero-order valence-corrected chi connectivity index (χ0v) is 17.7. The highest BCUT2D eigenvalue weighted by Crippen LogP contribution is 2.39. The maximum absolute atomic E-state index is 12.9. The molecule has 0 bridgehead atoms. The standard InChI is InChI=1S/C23H27NO6/c1-5-28-17-9-8-16(13-15(17)4)21(25)19-20(18-7-6-11-30-18)24(23(27)22(19)26)10-12-29-14(2)3/h6-9,11,13-14,20,25H,5,10,12H2,1-4H3/b21-19-. The highest BCUT2D eigenvalue weighted by atomic mass is 16.5. The van der Waals surface area contributed by atoms with Gasteiger partial charge in [-0.1, -0.05) is 0 Å². The molecule has 1 atom stereocenters. The normalized spacial score (nSPS) is 18.4. The Morgan fingerprint density at radius 2 is 2.03 bits per heavy atom. The molecule has 1 aromatic heterocycles. The summed E-state index contributed by atoms with van der Waals surface area (Å²) in [5.74, 6) is -0.572. The lowest BCUT2D eigenvalue weighted by atomic mass is 9.98. The number of furan rings is 1. The first-order valence-corrected chi connectivity index (χ1v) is 10.0. The van der Waals surface area contributed by atoms with Crippen LogP contribution in [-0.4, -0.2) is 47.6 Å². The highest BCUT2D eigenvalue weighted by Gasteiger charge is 2.47. The molecule has 160 valence electrons. The summed E-state index contributed by atoms with van der Waals surface area (Å²) in [4.78, 5) is 27.0. The molecule has 2 heterocycles. The number of carbonyl (C=O) groups is 2. The van der Waals surface area contributed by atoms with Gasteiger partial charge in [0.1, 0.15) is 23.3 Å². The van der Waals surface area contributed by atoms with Crippen molar-refractivity contribution in [2.75, 3.05) is 19.8 Å². The molecule has 7 nitrogen and oxygen atoms in total. The predicted octanol–water partition coefficient (Wildman–Crippen LogP) is 3.83. The van der Waals surface area contributed by atoms with Crippen LogP contribution in [-0.2, 0) is 14.3 Å². The Hall–Kier alpha value is -3.06. The molecule has 1 aliphatic rings. The van der Waals surface area contributed by atoms with Gasteiger partial charge in [-0.2, -0.15) is 0 Å². The van der Waals surface area contributed by atoms with E-state index in [1.165, 1.54) is 11.2 Å². The smallest absolute Gasteiger partial charge is 0.295 e. The molecular formula is C23H27NO6. The summed E-state index contributed by atoms with van der Waals surface area (Å²) in [6, 6.07) is 7.69. The summed E-state index contributed by atoms with van der Waals surface area (Å²) in [5, 5.41) is 11.0. The van der Waals surface area contributed by atoms with Crippen LogP contribution in [0.4, 0.5) is 0 Å². The van der Waals surface area contributed by atoms with Gasteiger partial charge in [0.05, 0.1) is 31.2 Å². The zero-order valence-electron chi connectivity index (χ0n) is 17.7. The molecule has 1 N–H and O–H groups in total. The number of hydrogen-bond acceptors (Lipinski definition) is 6. The number of amides is 1. The first kappa shape index (κ1) is 21.6. The number of nitrogens with zero attached hydrogens (tertiary/aromatic N) is 1. The molecule has 1 fully saturated rings. The van der Waals surface area contributed by atoms with Gasteiger partial charge in [-0.25, -0.2) is 0 Å². The van der Waals surface area contributed by atoms with Crippen LogP contribution >= 0.6 is 0 Å². The number of aliphatic hydroxyl groups excluding tert-OH is 1. The third-order valence-corrected chi connectivity index (χ3v) is 4.88. The molecule has 7 heteroatoms. The summed E-state index contributed by atoms with van der Waals surface area (Å²) >= 11 is 0. The molecule has 2 aromatic rings. The number of likely N-dealkylation sites (tertiary alicyclic amines) is 1. The minimum Gasteiger partial charge on any atom is -0.507 e. The van der Waals surface area contributed by atoms with Gasteiger partial charge in [-0.05, 0) is 63.6 Å². The number of carbonyl (C=O) groups excluding carboxylic acids is 2. The molecule has 30 heavy (non-hydrogen) atoms. The molecule has 1 amide bonds. The van der Waals surface area contributed by atoms with Gasteiger partial charge in [0.2, 0.25) is 0 Å². The second-order valence-corrected chi connectivity index (χ2v) is 7.34. The molecule has 1 unspecified atom stereocenters. The SMILES string of the molecule is CCOc1ccc(/C(O)=C2/C(=O)C(=O)N(CCOC(C)C)C2c2ccco2)cc1C. The number of ketones is 1. The summed E-state index contributed by atoms with van der Waals surface area (Å²) in [7, 11) is 0. The monoisotopic (exact) mass is 413 g/mol. The molecule has 1 saturated heterocycles. The summed E-state index contributed by atoms with van der Waals surface area (Å²) in [6.07, 6.45) is 1.47. The fourth-order valence-corrected chi connectivity index (χ4v) is 3.51. The molecule has 0 spiro atoms. The van der Waals surface area contributed by atoms with Crippen molar-refractivity contribution in [2.45, 2.75) is 39.8 Å². The van der Waals surface area contributed by atoms with Crippen LogP contribution in [0.3, 0.4) is 0 Å². The van der Waals surface area contributed by atoms with Crippen LogP contribution in [0.2, 0.25) is 0 Å². The van der Waals surface area contributed by atoms with Crippen molar-refractivity contribution in [1.82, 2.24) is 4.90 Å². The first-order valence-electron chi connectivity index (χ1n) is 10.0. The van der Waals surface area contributed by atoms with E-state index in [1.807, 2.05) is 27.7 Å². The third kappa shape index (κ3) is 4.26. The molecule has 1 aliphatic heterocycles. The van der Waals surface area contributed by atoms with Gasteiger partial charge in [-0.15, -0.1) is 0 Å². The van der Waals surface area contributed by atoms with Crippen molar-refractivity contribution in [3.05, 3.63) is 59.1 Å². The van der Waals surface area contributed by atoms with Crippen molar-refractivity contribution >= 4 is 17.4 Å². The largest absolute Gasteiger partial charge is 0.507 e. The maximum atomic E-state index is 12.9. The number of hydrogen-bond donors (Lipinski definition) is 1. The van der Waals surface area contributed by atoms with Crippen LogP contribution in [0.15, 0.2) is 46.6 Å². The number of aryl methyl sites for hydroxylation is 1. The van der Waals surface area contributed by atoms with Crippen molar-refractivity contribution in [2.24, 2.45) is 0 Å². The van der Waals surface area contributed by atoms with Gasteiger partial charge in [0.15, 0.2) is 0 Å². The Bertz CT molecular complexity index is 945.